The van der Waals surface area contributed by atoms with Gasteiger partial charge in [-0.2, -0.15) is 0 Å². The number of hydrogen-bond donors (Lipinski definition) is 1. The highest BCUT2D eigenvalue weighted by Crippen LogP contribution is 2.31. The topological polar surface area (TPSA) is 85.2 Å². The van der Waals surface area contributed by atoms with E-state index in [2.05, 4.69) is 32.2 Å². The van der Waals surface area contributed by atoms with Gasteiger partial charge in [-0.3, -0.25) is 4.79 Å². The standard InChI is InChI=1S/C31H32N6O2/c1-20-14-23(5-9-30(20)39-24-6-8-28-27(17-24)34-19-37(28)3)35-31-25-15-21(4-7-26(25)32-18-33-31)16-29(38)22-10-12-36(2)13-11-22/h4-9,14-15,17-19,22H,10-13,16H2,1-3H3,(H,32,33,35). The molecule has 1 fully saturated rings. The van der Waals surface area contributed by atoms with Crippen molar-refractivity contribution in [2.45, 2.75) is 26.2 Å². The molecule has 0 radical (unpaired) electrons. The molecule has 0 atom stereocenters. The molecule has 0 amide bonds. The fourth-order valence-electron chi connectivity index (χ4n) is 5.27. The average Bonchev–Trinajstić information content (AvgIpc) is 3.30. The lowest BCUT2D eigenvalue weighted by Gasteiger charge is -2.28. The van der Waals surface area contributed by atoms with Gasteiger partial charge in [-0.05, 0) is 93.5 Å². The van der Waals surface area contributed by atoms with Crippen LogP contribution in [0.3, 0.4) is 0 Å². The number of piperidine rings is 1. The number of nitrogens with one attached hydrogen (secondary N) is 1. The third kappa shape index (κ3) is 5.33. The third-order valence-corrected chi connectivity index (χ3v) is 7.61. The first kappa shape index (κ1) is 25.0. The van der Waals surface area contributed by atoms with Gasteiger partial charge < -0.3 is 19.5 Å². The van der Waals surface area contributed by atoms with Crippen molar-refractivity contribution in [1.29, 1.82) is 0 Å². The lowest BCUT2D eigenvalue weighted by molar-refractivity contribution is -0.123. The number of fused-ring (bicyclic) bond motifs is 2. The summed E-state index contributed by atoms with van der Waals surface area (Å²) in [5, 5.41) is 4.34. The molecule has 3 heterocycles. The summed E-state index contributed by atoms with van der Waals surface area (Å²) in [5.41, 5.74) is 5.68. The minimum atomic E-state index is 0.149. The molecule has 5 aromatic rings. The van der Waals surface area contributed by atoms with Crippen LogP contribution < -0.4 is 10.1 Å². The zero-order valence-electron chi connectivity index (χ0n) is 22.5. The van der Waals surface area contributed by atoms with Gasteiger partial charge in [0.15, 0.2) is 0 Å². The number of nitrogens with zero attached hydrogens (tertiary/aromatic N) is 5. The maximum absolute atomic E-state index is 13.0. The van der Waals surface area contributed by atoms with E-state index >= 15 is 0 Å². The van der Waals surface area contributed by atoms with Crippen LogP contribution in [0.4, 0.5) is 11.5 Å². The highest BCUT2D eigenvalue weighted by atomic mass is 16.5. The van der Waals surface area contributed by atoms with Gasteiger partial charge in [-0.15, -0.1) is 0 Å². The molecule has 0 unspecified atom stereocenters. The maximum Gasteiger partial charge on any atom is 0.141 e. The number of likely N-dealkylation sites (tertiary alicyclic amines) is 1. The van der Waals surface area contributed by atoms with Crippen LogP contribution in [0.1, 0.15) is 24.0 Å². The number of ketones is 1. The lowest BCUT2D eigenvalue weighted by atomic mass is 9.89. The molecule has 2 aromatic heterocycles. The number of carbonyl (C=O) groups excluding carboxylic acids is 1. The van der Waals surface area contributed by atoms with Gasteiger partial charge in [0.25, 0.3) is 0 Å². The Bertz CT molecular complexity index is 1670. The highest BCUT2D eigenvalue weighted by Gasteiger charge is 2.23. The molecule has 0 aliphatic carbocycles. The van der Waals surface area contributed by atoms with Gasteiger partial charge >= 0.3 is 0 Å². The van der Waals surface area contributed by atoms with Crippen molar-refractivity contribution < 1.29 is 9.53 Å². The van der Waals surface area contributed by atoms with Crippen molar-refractivity contribution in [3.8, 4) is 11.5 Å². The zero-order valence-corrected chi connectivity index (χ0v) is 22.5. The molecule has 8 heteroatoms. The highest BCUT2D eigenvalue weighted by molar-refractivity contribution is 5.92. The number of aromatic nitrogens is 4. The third-order valence-electron chi connectivity index (χ3n) is 7.61. The minimum Gasteiger partial charge on any atom is -0.457 e. The monoisotopic (exact) mass is 520 g/mol. The number of benzene rings is 3. The Morgan fingerprint density at radius 1 is 0.974 bits per heavy atom. The average molecular weight is 521 g/mol. The Morgan fingerprint density at radius 2 is 1.82 bits per heavy atom. The summed E-state index contributed by atoms with van der Waals surface area (Å²) in [5.74, 6) is 2.70. The van der Waals surface area contributed by atoms with Gasteiger partial charge in [0, 0.05) is 36.5 Å². The van der Waals surface area contributed by atoms with E-state index in [4.69, 9.17) is 4.74 Å². The summed E-state index contributed by atoms with van der Waals surface area (Å²) in [6, 6.07) is 17.9. The molecular formula is C31H32N6O2. The maximum atomic E-state index is 13.0. The molecule has 6 rings (SSSR count). The van der Waals surface area contributed by atoms with Crippen molar-refractivity contribution in [3.05, 3.63) is 78.4 Å². The van der Waals surface area contributed by atoms with Gasteiger partial charge in [0.1, 0.15) is 29.4 Å². The minimum absolute atomic E-state index is 0.149. The van der Waals surface area contributed by atoms with Crippen LogP contribution in [0, 0.1) is 12.8 Å². The Hall–Kier alpha value is -4.30. The summed E-state index contributed by atoms with van der Waals surface area (Å²) in [6.07, 6.45) is 5.68. The number of hydrogen-bond acceptors (Lipinski definition) is 7. The number of ether oxygens (including phenoxy) is 1. The van der Waals surface area contributed by atoms with Crippen molar-refractivity contribution in [2.75, 3.05) is 25.5 Å². The number of anilines is 2. The summed E-state index contributed by atoms with van der Waals surface area (Å²) < 4.78 is 8.16. The SMILES string of the molecule is Cc1cc(Nc2ncnc3ccc(CC(=O)C4CCN(C)CC4)cc23)ccc1Oc1ccc2c(c1)ncn2C. The molecule has 0 spiro atoms. The summed E-state index contributed by atoms with van der Waals surface area (Å²) in [4.78, 5) is 28.6. The van der Waals surface area contributed by atoms with E-state index in [0.717, 1.165) is 76.2 Å². The van der Waals surface area contributed by atoms with E-state index in [1.807, 2.05) is 73.1 Å². The van der Waals surface area contributed by atoms with Crippen LogP contribution in [-0.4, -0.2) is 50.3 Å². The largest absolute Gasteiger partial charge is 0.457 e. The number of rotatable bonds is 7. The fraction of sp³-hybridized carbons (Fsp3) is 0.290. The second-order valence-corrected chi connectivity index (χ2v) is 10.5. The Labute approximate surface area is 227 Å². The van der Waals surface area contributed by atoms with E-state index in [1.165, 1.54) is 0 Å². The first-order chi connectivity index (χ1) is 18.9. The first-order valence-electron chi connectivity index (χ1n) is 13.3. The molecule has 198 valence electrons. The Balaban J connectivity index is 1.19. The Kier molecular flexibility index (Phi) is 6.70. The molecule has 3 aromatic carbocycles. The molecule has 0 bridgehead atoms. The second kappa shape index (κ2) is 10.5. The first-order valence-corrected chi connectivity index (χ1v) is 13.3. The number of aryl methyl sites for hydroxylation is 2. The molecular weight excluding hydrogens is 488 g/mol. The van der Waals surface area contributed by atoms with Crippen LogP contribution >= 0.6 is 0 Å². The van der Waals surface area contributed by atoms with Crippen LogP contribution in [0.5, 0.6) is 11.5 Å². The molecule has 1 aliphatic rings. The van der Waals surface area contributed by atoms with Crippen molar-refractivity contribution >= 4 is 39.2 Å². The molecule has 39 heavy (non-hydrogen) atoms. The number of carbonyl (C=O) groups is 1. The Morgan fingerprint density at radius 3 is 2.64 bits per heavy atom. The van der Waals surface area contributed by atoms with E-state index in [0.29, 0.717) is 18.0 Å². The lowest BCUT2D eigenvalue weighted by Crippen LogP contribution is -2.34. The van der Waals surface area contributed by atoms with E-state index in [1.54, 1.807) is 12.7 Å². The summed E-state index contributed by atoms with van der Waals surface area (Å²) in [6.45, 7) is 3.99. The normalized spacial score (nSPS) is 14.6. The number of Topliss-reactive ketones (excluding diaryl/α,β-unsaturated/α-hetero) is 1. The van der Waals surface area contributed by atoms with Gasteiger partial charge in [0.2, 0.25) is 0 Å². The van der Waals surface area contributed by atoms with Crippen molar-refractivity contribution in [2.24, 2.45) is 13.0 Å². The van der Waals surface area contributed by atoms with Crippen LogP contribution in [0.25, 0.3) is 21.9 Å². The molecule has 0 saturated carbocycles. The van der Waals surface area contributed by atoms with Crippen LogP contribution in [-0.2, 0) is 18.3 Å². The number of imidazole rings is 1. The van der Waals surface area contributed by atoms with E-state index < -0.39 is 0 Å². The predicted octanol–water partition coefficient (Wildman–Crippen LogP) is 5.81. The van der Waals surface area contributed by atoms with E-state index in [9.17, 15) is 4.79 Å². The fourth-order valence-corrected chi connectivity index (χ4v) is 5.27. The zero-order chi connectivity index (χ0) is 26.9. The van der Waals surface area contributed by atoms with Gasteiger partial charge in [0.05, 0.1) is 22.9 Å². The quantitative estimate of drug-likeness (QED) is 0.290. The molecule has 1 aliphatic heterocycles. The summed E-state index contributed by atoms with van der Waals surface area (Å²) >= 11 is 0. The van der Waals surface area contributed by atoms with E-state index in [-0.39, 0.29) is 5.92 Å². The van der Waals surface area contributed by atoms with Gasteiger partial charge in [-0.25, -0.2) is 15.0 Å². The smallest absolute Gasteiger partial charge is 0.141 e. The van der Waals surface area contributed by atoms with Gasteiger partial charge in [-0.1, -0.05) is 6.07 Å². The molecule has 8 nitrogen and oxygen atoms in total. The van der Waals surface area contributed by atoms with Crippen molar-refractivity contribution in [1.82, 2.24) is 24.4 Å². The second-order valence-electron chi connectivity index (χ2n) is 10.5. The molecule has 1 saturated heterocycles. The predicted molar refractivity (Wildman–Crippen MR) is 154 cm³/mol. The van der Waals surface area contributed by atoms with Crippen LogP contribution in [0.15, 0.2) is 67.3 Å². The van der Waals surface area contributed by atoms with Crippen LogP contribution in [0.2, 0.25) is 0 Å². The summed E-state index contributed by atoms with van der Waals surface area (Å²) in [7, 11) is 4.09. The van der Waals surface area contributed by atoms with Crippen molar-refractivity contribution in [3.63, 3.8) is 0 Å². The molecule has 1 N–H and O–H groups in total.